The molecule has 37 heavy (non-hydrogen) atoms. The van der Waals surface area contributed by atoms with E-state index in [-0.39, 0.29) is 37.2 Å². The van der Waals surface area contributed by atoms with E-state index in [1.165, 1.54) is 4.88 Å². The van der Waals surface area contributed by atoms with Gasteiger partial charge in [0, 0.05) is 29.1 Å². The van der Waals surface area contributed by atoms with Crippen molar-refractivity contribution in [3.8, 4) is 23.0 Å². The van der Waals surface area contributed by atoms with Crippen LogP contribution >= 0.6 is 11.3 Å². The highest BCUT2D eigenvalue weighted by molar-refractivity contribution is 7.10. The Kier molecular flexibility index (Phi) is 7.23. The summed E-state index contributed by atoms with van der Waals surface area (Å²) in [5, 5.41) is 2.06. The minimum Gasteiger partial charge on any atom is -0.497 e. The largest absolute Gasteiger partial charge is 0.497 e. The maximum absolute atomic E-state index is 13.7. The summed E-state index contributed by atoms with van der Waals surface area (Å²) in [6.07, 6.45) is 0.784. The normalized spacial score (nSPS) is 15.9. The fourth-order valence-corrected chi connectivity index (χ4v) is 5.59. The summed E-state index contributed by atoms with van der Waals surface area (Å²) in [6.45, 7) is 4.81. The number of rotatable bonds is 8. The molecule has 0 spiro atoms. The second kappa shape index (κ2) is 10.7. The third kappa shape index (κ3) is 5.22. The Hall–Kier alpha value is -3.72. The third-order valence-corrected chi connectivity index (χ3v) is 7.67. The Morgan fingerprint density at radius 1 is 1.11 bits per heavy atom. The van der Waals surface area contributed by atoms with E-state index < -0.39 is 0 Å². The maximum Gasteiger partial charge on any atom is 0.254 e. The van der Waals surface area contributed by atoms with Crippen LogP contribution in [0, 0.1) is 0 Å². The fraction of sp³-hybridized carbons (Fsp3) is 0.357. The van der Waals surface area contributed by atoms with Gasteiger partial charge in [0.2, 0.25) is 12.7 Å². The molecule has 8 nitrogen and oxygen atoms in total. The van der Waals surface area contributed by atoms with E-state index in [1.54, 1.807) is 41.5 Å². The lowest BCUT2D eigenvalue weighted by atomic mass is 10.00. The molecule has 0 N–H and O–H groups in total. The highest BCUT2D eigenvalue weighted by Crippen LogP contribution is 2.35. The number of carbonyl (C=O) groups is 2. The van der Waals surface area contributed by atoms with Crippen LogP contribution < -0.4 is 18.9 Å². The van der Waals surface area contributed by atoms with Gasteiger partial charge in [-0.15, -0.1) is 11.3 Å². The molecule has 0 radical (unpaired) electrons. The van der Waals surface area contributed by atoms with Gasteiger partial charge in [0.05, 0.1) is 13.2 Å². The lowest BCUT2D eigenvalue weighted by Crippen LogP contribution is -2.49. The smallest absolute Gasteiger partial charge is 0.254 e. The molecule has 0 unspecified atom stereocenters. The van der Waals surface area contributed by atoms with Crippen LogP contribution in [0.1, 0.15) is 40.7 Å². The van der Waals surface area contributed by atoms with Gasteiger partial charge in [0.15, 0.2) is 11.5 Å². The highest BCUT2D eigenvalue weighted by Gasteiger charge is 2.34. The number of thiophene rings is 1. The molecule has 5 rings (SSSR count). The fourth-order valence-electron chi connectivity index (χ4n) is 4.66. The summed E-state index contributed by atoms with van der Waals surface area (Å²) in [5.41, 5.74) is 1.56. The molecule has 2 amide bonds. The Morgan fingerprint density at radius 3 is 2.73 bits per heavy atom. The zero-order valence-corrected chi connectivity index (χ0v) is 22.0. The van der Waals surface area contributed by atoms with E-state index in [0.29, 0.717) is 41.7 Å². The molecule has 3 aromatic rings. The van der Waals surface area contributed by atoms with Crippen molar-refractivity contribution in [3.05, 3.63) is 69.9 Å². The molecular weight excluding hydrogens is 492 g/mol. The van der Waals surface area contributed by atoms with Gasteiger partial charge in [-0.3, -0.25) is 9.59 Å². The van der Waals surface area contributed by atoms with E-state index in [2.05, 4.69) is 11.4 Å². The molecule has 3 heterocycles. The number of amides is 2. The van der Waals surface area contributed by atoms with Crippen molar-refractivity contribution in [2.75, 3.05) is 33.6 Å². The van der Waals surface area contributed by atoms with Crippen LogP contribution in [-0.4, -0.2) is 61.3 Å². The molecule has 0 fully saturated rings. The van der Waals surface area contributed by atoms with E-state index in [9.17, 15) is 9.59 Å². The molecule has 1 atom stereocenters. The number of nitrogens with zero attached hydrogens (tertiary/aromatic N) is 2. The zero-order chi connectivity index (χ0) is 25.9. The van der Waals surface area contributed by atoms with Crippen molar-refractivity contribution < 1.29 is 28.5 Å². The summed E-state index contributed by atoms with van der Waals surface area (Å²) in [4.78, 5) is 31.9. The lowest BCUT2D eigenvalue weighted by molar-refractivity contribution is -0.136. The van der Waals surface area contributed by atoms with E-state index in [1.807, 2.05) is 43.0 Å². The van der Waals surface area contributed by atoms with Crippen molar-refractivity contribution in [2.24, 2.45) is 0 Å². The topological polar surface area (TPSA) is 77.5 Å². The van der Waals surface area contributed by atoms with Crippen LogP contribution in [0.4, 0.5) is 0 Å². The zero-order valence-electron chi connectivity index (χ0n) is 21.1. The van der Waals surface area contributed by atoms with Crippen molar-refractivity contribution >= 4 is 23.2 Å². The molecule has 0 saturated heterocycles. The molecule has 9 heteroatoms. The summed E-state index contributed by atoms with van der Waals surface area (Å²) in [6, 6.07) is 14.2. The van der Waals surface area contributed by atoms with E-state index in [0.717, 1.165) is 12.0 Å². The molecule has 2 aromatic carbocycles. The number of fused-ring (bicyclic) bond motifs is 2. The standard InChI is InChI=1S/C28H30N2O6S/c1-18(2)30(28(32)19-7-8-24-25(13-19)36-17-35-24)15-27(31)29-11-9-26-22(10-12-37-26)23(29)16-34-21-6-4-5-20(14-21)33-3/h4-8,10,12-14,18,23H,9,11,15-17H2,1-3H3/t23-/m0/s1. The summed E-state index contributed by atoms with van der Waals surface area (Å²) in [7, 11) is 1.61. The molecular formula is C28H30N2O6S. The molecule has 0 bridgehead atoms. The third-order valence-electron chi connectivity index (χ3n) is 6.67. The number of carbonyl (C=O) groups excluding carboxylic acids is 2. The average molecular weight is 523 g/mol. The monoisotopic (exact) mass is 522 g/mol. The number of ether oxygens (including phenoxy) is 4. The van der Waals surface area contributed by atoms with Gasteiger partial charge in [0.25, 0.3) is 5.91 Å². The maximum atomic E-state index is 13.7. The predicted molar refractivity (Wildman–Crippen MR) is 140 cm³/mol. The first-order valence-electron chi connectivity index (χ1n) is 12.3. The Balaban J connectivity index is 1.34. The van der Waals surface area contributed by atoms with Crippen LogP contribution in [0.15, 0.2) is 53.9 Å². The van der Waals surface area contributed by atoms with Crippen molar-refractivity contribution in [1.29, 1.82) is 0 Å². The molecule has 1 aromatic heterocycles. The number of benzene rings is 2. The van der Waals surface area contributed by atoms with Gasteiger partial charge in [-0.05, 0) is 67.6 Å². The SMILES string of the molecule is COc1cccc(OC[C@H]2c3ccsc3CCN2C(=O)CN(C(=O)c2ccc3c(c2)OCO3)C(C)C)c1. The number of hydrogen-bond donors (Lipinski definition) is 0. The van der Waals surface area contributed by atoms with Crippen LogP contribution in [0.2, 0.25) is 0 Å². The first-order valence-corrected chi connectivity index (χ1v) is 13.2. The number of methoxy groups -OCH3 is 1. The van der Waals surface area contributed by atoms with Crippen LogP contribution in [0.3, 0.4) is 0 Å². The highest BCUT2D eigenvalue weighted by atomic mass is 32.1. The Morgan fingerprint density at radius 2 is 1.92 bits per heavy atom. The number of hydrogen-bond acceptors (Lipinski definition) is 7. The molecule has 2 aliphatic rings. The van der Waals surface area contributed by atoms with Crippen LogP contribution in [0.5, 0.6) is 23.0 Å². The summed E-state index contributed by atoms with van der Waals surface area (Å²) < 4.78 is 22.2. The molecule has 0 aliphatic carbocycles. The summed E-state index contributed by atoms with van der Waals surface area (Å²) >= 11 is 1.70. The quantitative estimate of drug-likeness (QED) is 0.432. The summed E-state index contributed by atoms with van der Waals surface area (Å²) in [5.74, 6) is 2.20. The van der Waals surface area contributed by atoms with Crippen LogP contribution in [-0.2, 0) is 11.2 Å². The van der Waals surface area contributed by atoms with Crippen molar-refractivity contribution in [2.45, 2.75) is 32.4 Å². The van der Waals surface area contributed by atoms with Gasteiger partial charge in [-0.25, -0.2) is 0 Å². The first-order chi connectivity index (χ1) is 17.9. The van der Waals surface area contributed by atoms with Gasteiger partial charge < -0.3 is 28.7 Å². The second-order valence-corrected chi connectivity index (χ2v) is 10.2. The molecule has 0 saturated carbocycles. The lowest BCUT2D eigenvalue weighted by Gasteiger charge is -2.37. The molecule has 194 valence electrons. The van der Waals surface area contributed by atoms with Gasteiger partial charge in [0.1, 0.15) is 24.7 Å². The van der Waals surface area contributed by atoms with Gasteiger partial charge >= 0.3 is 0 Å². The van der Waals surface area contributed by atoms with Crippen molar-refractivity contribution in [3.63, 3.8) is 0 Å². The Bertz CT molecular complexity index is 1290. The van der Waals surface area contributed by atoms with Crippen LogP contribution in [0.25, 0.3) is 0 Å². The predicted octanol–water partition coefficient (Wildman–Crippen LogP) is 4.54. The minimum atomic E-state index is -0.247. The van der Waals surface area contributed by atoms with Crippen molar-refractivity contribution in [1.82, 2.24) is 9.80 Å². The Labute approximate surface area is 220 Å². The minimum absolute atomic E-state index is 0.0277. The molecule has 2 aliphatic heterocycles. The van der Waals surface area contributed by atoms with Gasteiger partial charge in [-0.1, -0.05) is 6.07 Å². The second-order valence-electron chi connectivity index (χ2n) is 9.24. The van der Waals surface area contributed by atoms with E-state index in [4.69, 9.17) is 18.9 Å². The average Bonchev–Trinajstić information content (AvgIpc) is 3.59. The van der Waals surface area contributed by atoms with E-state index >= 15 is 0 Å². The van der Waals surface area contributed by atoms with Gasteiger partial charge in [-0.2, -0.15) is 0 Å². The first kappa shape index (κ1) is 25.0.